The molecule has 6 nitrogen and oxygen atoms in total. The maximum atomic E-state index is 11.7. The molecule has 0 aliphatic carbocycles. The van der Waals surface area contributed by atoms with Crippen LogP contribution in [0, 0.1) is 0 Å². The fourth-order valence-corrected chi connectivity index (χ4v) is 2.32. The molecule has 0 saturated carbocycles. The summed E-state index contributed by atoms with van der Waals surface area (Å²) in [5.41, 5.74) is 0.590. The lowest BCUT2D eigenvalue weighted by Gasteiger charge is -2.36. The van der Waals surface area contributed by atoms with Crippen LogP contribution in [0.4, 0.5) is 0 Å². The molecule has 2 heterocycles. The van der Waals surface area contributed by atoms with Crippen molar-refractivity contribution < 1.29 is 4.79 Å². The van der Waals surface area contributed by atoms with E-state index in [1.165, 1.54) is 0 Å². The van der Waals surface area contributed by atoms with Gasteiger partial charge in [0.25, 0.3) is 5.91 Å². The summed E-state index contributed by atoms with van der Waals surface area (Å²) in [7, 11) is 2.16. The Morgan fingerprint density at radius 3 is 2.84 bits per heavy atom. The molecule has 0 aromatic carbocycles. The summed E-state index contributed by atoms with van der Waals surface area (Å²) in [5, 5.41) is 9.34. The summed E-state index contributed by atoms with van der Waals surface area (Å²) in [6.45, 7) is 7.44. The molecule has 1 amide bonds. The first-order valence-electron chi connectivity index (χ1n) is 6.86. The topological polar surface area (TPSA) is 64.3 Å². The van der Waals surface area contributed by atoms with Crippen LogP contribution in [0.25, 0.3) is 0 Å². The van der Waals surface area contributed by atoms with Crippen molar-refractivity contribution in [3.8, 4) is 0 Å². The van der Waals surface area contributed by atoms with Gasteiger partial charge in [-0.1, -0.05) is 0 Å². The van der Waals surface area contributed by atoms with Gasteiger partial charge in [0.1, 0.15) is 0 Å². The normalized spacial score (nSPS) is 19.3. The van der Waals surface area contributed by atoms with Crippen LogP contribution in [0.3, 0.4) is 0 Å². The number of carbonyl (C=O) groups is 1. The van der Waals surface area contributed by atoms with Crippen LogP contribution in [0.15, 0.2) is 12.4 Å². The van der Waals surface area contributed by atoms with Crippen molar-refractivity contribution in [2.75, 3.05) is 39.8 Å². The molecule has 19 heavy (non-hydrogen) atoms. The Morgan fingerprint density at radius 1 is 1.47 bits per heavy atom. The number of amides is 1. The third-order valence-electron chi connectivity index (χ3n) is 3.77. The number of H-pyrrole nitrogens is 1. The van der Waals surface area contributed by atoms with Crippen LogP contribution in [-0.4, -0.2) is 71.7 Å². The Labute approximate surface area is 114 Å². The Balaban J connectivity index is 1.66. The second-order valence-corrected chi connectivity index (χ2v) is 5.22. The van der Waals surface area contributed by atoms with Gasteiger partial charge in [0, 0.05) is 45.0 Å². The monoisotopic (exact) mass is 265 g/mol. The average molecular weight is 265 g/mol. The van der Waals surface area contributed by atoms with Gasteiger partial charge in [0.05, 0.1) is 11.8 Å². The van der Waals surface area contributed by atoms with E-state index in [1.807, 2.05) is 0 Å². The molecule has 0 spiro atoms. The van der Waals surface area contributed by atoms with Crippen LogP contribution in [0.2, 0.25) is 0 Å². The number of carbonyl (C=O) groups excluding carboxylic acids is 1. The largest absolute Gasteiger partial charge is 0.352 e. The zero-order valence-electron chi connectivity index (χ0n) is 11.7. The number of rotatable bonds is 5. The minimum absolute atomic E-state index is 0.0562. The standard InChI is InChI=1S/C13H23N5O/c1-11(18-7-5-17(2)6-8-18)3-4-14-13(19)12-9-15-16-10-12/h9-11H,3-8H2,1-2H3,(H,14,19)(H,15,16)/t11-/m1/s1. The van der Waals surface area contributed by atoms with Crippen LogP contribution in [-0.2, 0) is 0 Å². The molecule has 0 unspecified atom stereocenters. The predicted octanol–water partition coefficient (Wildman–Crippen LogP) is 0.166. The fraction of sp³-hybridized carbons (Fsp3) is 0.692. The Bertz CT molecular complexity index is 384. The van der Waals surface area contributed by atoms with Gasteiger partial charge >= 0.3 is 0 Å². The lowest BCUT2D eigenvalue weighted by Crippen LogP contribution is -2.48. The second kappa shape index (κ2) is 6.68. The summed E-state index contributed by atoms with van der Waals surface area (Å²) >= 11 is 0. The van der Waals surface area contributed by atoms with Crippen LogP contribution >= 0.6 is 0 Å². The first-order valence-corrected chi connectivity index (χ1v) is 6.86. The van der Waals surface area contributed by atoms with E-state index in [4.69, 9.17) is 0 Å². The third kappa shape index (κ3) is 4.04. The maximum Gasteiger partial charge on any atom is 0.254 e. The Kier molecular flexibility index (Phi) is 4.93. The van der Waals surface area contributed by atoms with Gasteiger partial charge in [0.2, 0.25) is 0 Å². The van der Waals surface area contributed by atoms with E-state index in [1.54, 1.807) is 12.4 Å². The van der Waals surface area contributed by atoms with Crippen molar-refractivity contribution >= 4 is 5.91 Å². The molecule has 1 aliphatic rings. The number of hydrogen-bond donors (Lipinski definition) is 2. The van der Waals surface area contributed by atoms with E-state index in [-0.39, 0.29) is 5.91 Å². The third-order valence-corrected chi connectivity index (χ3v) is 3.77. The molecule has 1 atom stereocenters. The van der Waals surface area contributed by atoms with Crippen LogP contribution < -0.4 is 5.32 Å². The summed E-state index contributed by atoms with van der Waals surface area (Å²) in [6.07, 6.45) is 4.13. The van der Waals surface area contributed by atoms with Crippen molar-refractivity contribution in [1.29, 1.82) is 0 Å². The molecule has 0 radical (unpaired) electrons. The zero-order chi connectivity index (χ0) is 13.7. The van der Waals surface area contributed by atoms with Crippen molar-refractivity contribution in [2.45, 2.75) is 19.4 Å². The summed E-state index contributed by atoms with van der Waals surface area (Å²) in [5.74, 6) is -0.0562. The molecule has 106 valence electrons. The summed E-state index contributed by atoms with van der Waals surface area (Å²) in [6, 6.07) is 0.512. The lowest BCUT2D eigenvalue weighted by atomic mass is 10.1. The summed E-state index contributed by atoms with van der Waals surface area (Å²) < 4.78 is 0. The average Bonchev–Trinajstić information content (AvgIpc) is 2.93. The quantitative estimate of drug-likeness (QED) is 0.796. The molecule has 1 fully saturated rings. The highest BCUT2D eigenvalue weighted by molar-refractivity contribution is 5.93. The van der Waals surface area contributed by atoms with Crippen molar-refractivity contribution in [3.05, 3.63) is 18.0 Å². The Hall–Kier alpha value is -1.40. The smallest absolute Gasteiger partial charge is 0.254 e. The maximum absolute atomic E-state index is 11.7. The van der Waals surface area contributed by atoms with E-state index in [0.717, 1.165) is 32.6 Å². The SMILES string of the molecule is C[C@H](CCNC(=O)c1cn[nH]c1)N1CCN(C)CC1. The van der Waals surface area contributed by atoms with E-state index in [0.29, 0.717) is 18.2 Å². The molecule has 1 aliphatic heterocycles. The first-order chi connectivity index (χ1) is 9.16. The van der Waals surface area contributed by atoms with Gasteiger partial charge in [0.15, 0.2) is 0 Å². The Morgan fingerprint density at radius 2 is 2.21 bits per heavy atom. The molecular formula is C13H23N5O. The summed E-state index contributed by atoms with van der Waals surface area (Å²) in [4.78, 5) is 16.6. The second-order valence-electron chi connectivity index (χ2n) is 5.22. The molecule has 6 heteroatoms. The van der Waals surface area contributed by atoms with Gasteiger partial charge in [-0.25, -0.2) is 0 Å². The number of hydrogen-bond acceptors (Lipinski definition) is 4. The van der Waals surface area contributed by atoms with Crippen molar-refractivity contribution in [2.24, 2.45) is 0 Å². The van der Waals surface area contributed by atoms with Crippen LogP contribution in [0.1, 0.15) is 23.7 Å². The number of likely N-dealkylation sites (N-methyl/N-ethyl adjacent to an activating group) is 1. The van der Waals surface area contributed by atoms with Gasteiger partial charge in [-0.15, -0.1) is 0 Å². The number of piperazine rings is 1. The molecule has 1 aromatic heterocycles. The van der Waals surface area contributed by atoms with Crippen molar-refractivity contribution in [3.63, 3.8) is 0 Å². The van der Waals surface area contributed by atoms with Gasteiger partial charge in [-0.2, -0.15) is 5.10 Å². The van der Waals surface area contributed by atoms with Gasteiger partial charge in [-0.3, -0.25) is 14.8 Å². The number of aromatic nitrogens is 2. The molecule has 1 saturated heterocycles. The lowest BCUT2D eigenvalue weighted by molar-refractivity contribution is 0.0935. The minimum Gasteiger partial charge on any atom is -0.352 e. The first kappa shape index (κ1) is 14.0. The molecular weight excluding hydrogens is 242 g/mol. The zero-order valence-corrected chi connectivity index (χ0v) is 11.7. The minimum atomic E-state index is -0.0562. The number of aromatic amines is 1. The van der Waals surface area contributed by atoms with Gasteiger partial charge < -0.3 is 10.2 Å². The van der Waals surface area contributed by atoms with E-state index >= 15 is 0 Å². The highest BCUT2D eigenvalue weighted by Gasteiger charge is 2.18. The van der Waals surface area contributed by atoms with Gasteiger partial charge in [-0.05, 0) is 20.4 Å². The van der Waals surface area contributed by atoms with E-state index < -0.39 is 0 Å². The number of nitrogens with zero attached hydrogens (tertiary/aromatic N) is 3. The van der Waals surface area contributed by atoms with E-state index in [2.05, 4.69) is 39.3 Å². The molecule has 2 rings (SSSR count). The highest BCUT2D eigenvalue weighted by Crippen LogP contribution is 2.07. The van der Waals surface area contributed by atoms with Crippen LogP contribution in [0.5, 0.6) is 0 Å². The fourth-order valence-electron chi connectivity index (χ4n) is 2.32. The van der Waals surface area contributed by atoms with E-state index in [9.17, 15) is 4.79 Å². The molecule has 2 N–H and O–H groups in total. The highest BCUT2D eigenvalue weighted by atomic mass is 16.1. The predicted molar refractivity (Wildman–Crippen MR) is 74.1 cm³/mol. The molecule has 0 bridgehead atoms. The number of nitrogens with one attached hydrogen (secondary N) is 2. The molecule has 1 aromatic rings. The van der Waals surface area contributed by atoms with Crippen molar-refractivity contribution in [1.82, 2.24) is 25.3 Å².